The molecule has 0 aromatic heterocycles. The van der Waals surface area contributed by atoms with Gasteiger partial charge in [-0.25, -0.2) is 0 Å². The Kier molecular flexibility index (Phi) is 18.6. The first kappa shape index (κ1) is 26.1. The minimum absolute atomic E-state index is 0.326. The van der Waals surface area contributed by atoms with E-state index >= 15 is 0 Å². The Morgan fingerprint density at radius 2 is 1.23 bits per heavy atom. The van der Waals surface area contributed by atoms with Crippen molar-refractivity contribution in [1.82, 2.24) is 0 Å². The largest absolute Gasteiger partial charge is 0.500 e. The zero-order valence-corrected chi connectivity index (χ0v) is 19.5. The van der Waals surface area contributed by atoms with E-state index in [1.807, 2.05) is 20.8 Å². The summed E-state index contributed by atoms with van der Waals surface area (Å²) in [5.74, 6) is 0.831. The zero-order valence-electron chi connectivity index (χ0n) is 17.6. The number of thioether (sulfide) groups is 1. The number of carbonyl (C=O) groups excluding carboxylic acids is 1. The first-order valence-corrected chi connectivity index (χ1v) is 13.6. The van der Waals surface area contributed by atoms with Crippen LogP contribution in [0.4, 0.5) is 0 Å². The summed E-state index contributed by atoms with van der Waals surface area (Å²) in [7, 11) is -2.54. The van der Waals surface area contributed by atoms with Gasteiger partial charge in [0.2, 0.25) is 0 Å². The molecule has 6 heteroatoms. The Morgan fingerprint density at radius 3 is 1.73 bits per heavy atom. The van der Waals surface area contributed by atoms with Gasteiger partial charge in [0.15, 0.2) is 5.12 Å². The summed E-state index contributed by atoms with van der Waals surface area (Å²) in [5.41, 5.74) is 0. The molecule has 0 radical (unpaired) electrons. The minimum Gasteiger partial charge on any atom is -0.374 e. The first-order valence-electron chi connectivity index (χ1n) is 10.7. The molecule has 0 aromatic rings. The molecule has 0 rings (SSSR count). The van der Waals surface area contributed by atoms with Crippen molar-refractivity contribution >= 4 is 25.7 Å². The SMILES string of the molecule is CCCCCCCCCCC(=O)SCCC[Si](OCC)(OCC)OCC. The molecule has 0 bridgehead atoms. The smallest absolute Gasteiger partial charge is 0.374 e. The average Bonchev–Trinajstić information content (AvgIpc) is 2.62. The highest BCUT2D eigenvalue weighted by molar-refractivity contribution is 8.13. The van der Waals surface area contributed by atoms with Crippen LogP contribution < -0.4 is 0 Å². The van der Waals surface area contributed by atoms with Crippen molar-refractivity contribution in [3.05, 3.63) is 0 Å². The highest BCUT2D eigenvalue weighted by atomic mass is 32.2. The normalized spacial score (nSPS) is 11.8. The number of rotatable bonds is 19. The van der Waals surface area contributed by atoms with Gasteiger partial charge in [-0.05, 0) is 33.6 Å². The predicted molar refractivity (Wildman–Crippen MR) is 115 cm³/mol. The standard InChI is InChI=1S/C20H42O4SSi/c1-5-9-10-11-12-13-14-15-17-20(21)25-18-16-19-26(22-6-2,23-7-3)24-8-4/h5-19H2,1-4H3. The van der Waals surface area contributed by atoms with E-state index in [0.29, 0.717) is 31.4 Å². The Balaban J connectivity index is 3.78. The molecular formula is C20H42O4SSi. The fraction of sp³-hybridized carbons (Fsp3) is 0.950. The molecule has 0 aliphatic heterocycles. The third-order valence-electron chi connectivity index (χ3n) is 4.22. The second kappa shape index (κ2) is 18.5. The van der Waals surface area contributed by atoms with E-state index in [1.54, 1.807) is 0 Å². The Bertz CT molecular complexity index is 312. The third kappa shape index (κ3) is 14.2. The molecule has 0 aromatic carbocycles. The third-order valence-corrected chi connectivity index (χ3v) is 8.39. The molecule has 4 nitrogen and oxygen atoms in total. The monoisotopic (exact) mass is 406 g/mol. The van der Waals surface area contributed by atoms with Gasteiger partial charge in [0.05, 0.1) is 0 Å². The van der Waals surface area contributed by atoms with Gasteiger partial charge < -0.3 is 13.3 Å². The molecule has 156 valence electrons. The average molecular weight is 407 g/mol. The van der Waals surface area contributed by atoms with E-state index < -0.39 is 8.80 Å². The van der Waals surface area contributed by atoms with Crippen LogP contribution in [0.1, 0.15) is 91.9 Å². The molecule has 26 heavy (non-hydrogen) atoms. The van der Waals surface area contributed by atoms with E-state index in [0.717, 1.165) is 24.6 Å². The van der Waals surface area contributed by atoms with Crippen LogP contribution in [-0.4, -0.2) is 39.5 Å². The van der Waals surface area contributed by atoms with Gasteiger partial charge in [-0.2, -0.15) is 0 Å². The molecule has 0 amide bonds. The van der Waals surface area contributed by atoms with Gasteiger partial charge in [0, 0.05) is 38.0 Å². The zero-order chi connectivity index (χ0) is 19.5. The lowest BCUT2D eigenvalue weighted by Crippen LogP contribution is -2.46. The van der Waals surface area contributed by atoms with Gasteiger partial charge in [-0.1, -0.05) is 63.6 Å². The van der Waals surface area contributed by atoms with Crippen molar-refractivity contribution < 1.29 is 18.1 Å². The molecule has 0 unspecified atom stereocenters. The van der Waals surface area contributed by atoms with Gasteiger partial charge in [0.25, 0.3) is 0 Å². The van der Waals surface area contributed by atoms with Gasteiger partial charge >= 0.3 is 8.80 Å². The molecule has 0 heterocycles. The number of hydrogen-bond acceptors (Lipinski definition) is 5. The lowest BCUT2D eigenvalue weighted by atomic mass is 10.1. The van der Waals surface area contributed by atoms with Crippen molar-refractivity contribution in [1.29, 1.82) is 0 Å². The predicted octanol–water partition coefficient (Wildman–Crippen LogP) is 6.22. The van der Waals surface area contributed by atoms with Crippen LogP contribution in [0.15, 0.2) is 0 Å². The quantitative estimate of drug-likeness (QED) is 0.188. The molecule has 0 saturated carbocycles. The maximum atomic E-state index is 12.0. The molecule has 0 atom stereocenters. The lowest BCUT2D eigenvalue weighted by molar-refractivity contribution is -0.111. The summed E-state index contributed by atoms with van der Waals surface area (Å²) in [6.07, 6.45) is 11.8. The van der Waals surface area contributed by atoms with Crippen LogP contribution in [0, 0.1) is 0 Å². The first-order chi connectivity index (χ1) is 12.6. The van der Waals surface area contributed by atoms with Crippen molar-refractivity contribution in [2.45, 2.75) is 97.9 Å². The summed E-state index contributed by atoms with van der Waals surface area (Å²) in [5, 5.41) is 0.326. The summed E-state index contributed by atoms with van der Waals surface area (Å²) in [4.78, 5) is 12.0. The Labute approximate surface area is 167 Å². The summed E-state index contributed by atoms with van der Waals surface area (Å²) >= 11 is 1.46. The van der Waals surface area contributed by atoms with Crippen molar-refractivity contribution in [2.75, 3.05) is 25.6 Å². The molecule has 0 aliphatic carbocycles. The maximum Gasteiger partial charge on any atom is 0.500 e. The highest BCUT2D eigenvalue weighted by Gasteiger charge is 2.39. The molecule has 0 saturated heterocycles. The molecule has 0 N–H and O–H groups in total. The fourth-order valence-electron chi connectivity index (χ4n) is 2.95. The topological polar surface area (TPSA) is 44.8 Å². The van der Waals surface area contributed by atoms with Crippen LogP contribution >= 0.6 is 11.8 Å². The maximum absolute atomic E-state index is 12.0. The van der Waals surface area contributed by atoms with E-state index in [4.69, 9.17) is 13.3 Å². The molecule has 0 aliphatic rings. The van der Waals surface area contributed by atoms with Crippen molar-refractivity contribution in [2.24, 2.45) is 0 Å². The van der Waals surface area contributed by atoms with E-state index in [9.17, 15) is 4.79 Å². The second-order valence-corrected chi connectivity index (χ2v) is 10.4. The summed E-state index contributed by atoms with van der Waals surface area (Å²) in [6, 6.07) is 0.792. The van der Waals surface area contributed by atoms with Gasteiger partial charge in [-0.15, -0.1) is 0 Å². The van der Waals surface area contributed by atoms with Crippen LogP contribution in [0.3, 0.4) is 0 Å². The number of hydrogen-bond donors (Lipinski definition) is 0. The van der Waals surface area contributed by atoms with Gasteiger partial charge in [-0.3, -0.25) is 4.79 Å². The van der Waals surface area contributed by atoms with Crippen molar-refractivity contribution in [3.8, 4) is 0 Å². The van der Waals surface area contributed by atoms with E-state index in [-0.39, 0.29) is 0 Å². The molecular weight excluding hydrogens is 364 g/mol. The highest BCUT2D eigenvalue weighted by Crippen LogP contribution is 2.21. The molecule has 0 spiro atoms. The van der Waals surface area contributed by atoms with E-state index in [1.165, 1.54) is 56.7 Å². The van der Waals surface area contributed by atoms with Crippen LogP contribution in [0.25, 0.3) is 0 Å². The van der Waals surface area contributed by atoms with Crippen LogP contribution in [0.2, 0.25) is 6.04 Å². The molecule has 0 fully saturated rings. The van der Waals surface area contributed by atoms with Crippen LogP contribution in [0.5, 0.6) is 0 Å². The fourth-order valence-corrected chi connectivity index (χ4v) is 6.62. The lowest BCUT2D eigenvalue weighted by Gasteiger charge is -2.28. The second-order valence-electron chi connectivity index (χ2n) is 6.53. The Hall–Kier alpha value is 0.117. The minimum atomic E-state index is -2.54. The van der Waals surface area contributed by atoms with Crippen LogP contribution in [-0.2, 0) is 18.1 Å². The van der Waals surface area contributed by atoms with Crippen molar-refractivity contribution in [3.63, 3.8) is 0 Å². The summed E-state index contributed by atoms with van der Waals surface area (Å²) in [6.45, 7) is 9.99. The Morgan fingerprint density at radius 1 is 0.731 bits per heavy atom. The number of carbonyl (C=O) groups is 1. The number of unbranched alkanes of at least 4 members (excludes halogenated alkanes) is 7. The summed E-state index contributed by atoms with van der Waals surface area (Å²) < 4.78 is 17.5. The van der Waals surface area contributed by atoms with E-state index in [2.05, 4.69) is 6.92 Å². The van der Waals surface area contributed by atoms with Gasteiger partial charge in [0.1, 0.15) is 0 Å².